The number of carbonyl (C=O) groups excluding carboxylic acids is 1. The first-order valence-corrected chi connectivity index (χ1v) is 9.64. The van der Waals surface area contributed by atoms with Crippen LogP contribution in [-0.4, -0.2) is 25.4 Å². The van der Waals surface area contributed by atoms with Gasteiger partial charge in [-0.2, -0.15) is 0 Å². The van der Waals surface area contributed by atoms with Gasteiger partial charge in [-0.05, 0) is 36.4 Å². The highest BCUT2D eigenvalue weighted by Gasteiger charge is 2.19. The molecule has 0 fully saturated rings. The maximum atomic E-state index is 13.1. The average molecular weight is 449 g/mol. The lowest BCUT2D eigenvalue weighted by atomic mass is 10.1. The van der Waals surface area contributed by atoms with Gasteiger partial charge in [0.25, 0.3) is 0 Å². The van der Waals surface area contributed by atoms with Crippen LogP contribution in [0.25, 0.3) is 23.1 Å². The molecule has 2 aromatic carbocycles. The fourth-order valence-corrected chi connectivity index (χ4v) is 3.40. The molecule has 33 heavy (non-hydrogen) atoms. The van der Waals surface area contributed by atoms with Crippen molar-refractivity contribution in [1.82, 2.24) is 14.5 Å². The minimum absolute atomic E-state index is 0.0479. The second-order valence-electron chi connectivity index (χ2n) is 7.05. The minimum atomic E-state index is -1.11. The van der Waals surface area contributed by atoms with Gasteiger partial charge in [-0.3, -0.25) is 24.7 Å². The van der Waals surface area contributed by atoms with Crippen LogP contribution in [0.15, 0.2) is 64.3 Å². The number of benzene rings is 2. The van der Waals surface area contributed by atoms with Crippen molar-refractivity contribution < 1.29 is 14.1 Å². The number of amides is 1. The normalized spacial score (nSPS) is 11.2. The molecule has 0 aliphatic carbocycles. The van der Waals surface area contributed by atoms with E-state index in [0.29, 0.717) is 11.3 Å². The van der Waals surface area contributed by atoms with Crippen molar-refractivity contribution in [2.45, 2.75) is 6.54 Å². The zero-order valence-corrected chi connectivity index (χ0v) is 16.9. The van der Waals surface area contributed by atoms with Crippen LogP contribution in [0.5, 0.6) is 0 Å². The number of hydrogen-bond acceptors (Lipinski definition) is 5. The summed E-state index contributed by atoms with van der Waals surface area (Å²) in [5.41, 5.74) is -1.24. The number of rotatable bonds is 6. The Morgan fingerprint density at radius 3 is 2.55 bits per heavy atom. The molecular formula is C22H16FN5O5. The van der Waals surface area contributed by atoms with Crippen LogP contribution in [0.1, 0.15) is 11.3 Å². The highest BCUT2D eigenvalue weighted by atomic mass is 19.1. The Hall–Kier alpha value is -4.80. The third kappa shape index (κ3) is 4.61. The van der Waals surface area contributed by atoms with E-state index in [1.807, 2.05) is 4.98 Å². The largest absolute Gasteiger partial charge is 0.357 e. The predicted molar refractivity (Wildman–Crippen MR) is 120 cm³/mol. The zero-order valence-electron chi connectivity index (χ0n) is 16.9. The van der Waals surface area contributed by atoms with Crippen molar-refractivity contribution in [2.75, 3.05) is 5.32 Å². The Kier molecular flexibility index (Phi) is 5.68. The van der Waals surface area contributed by atoms with E-state index < -0.39 is 27.7 Å². The number of nitro groups is 1. The summed E-state index contributed by atoms with van der Waals surface area (Å²) in [6, 6.07) is 12.6. The van der Waals surface area contributed by atoms with E-state index in [-0.39, 0.29) is 18.1 Å². The summed E-state index contributed by atoms with van der Waals surface area (Å²) in [4.78, 5) is 50.3. The van der Waals surface area contributed by atoms with Crippen LogP contribution >= 0.6 is 0 Å². The molecule has 0 radical (unpaired) electrons. The Morgan fingerprint density at radius 1 is 1.09 bits per heavy atom. The summed E-state index contributed by atoms with van der Waals surface area (Å²) in [7, 11) is 0. The molecule has 2 aromatic heterocycles. The number of halogens is 1. The SMILES string of the molecule is O=C(Cn1cc(/C=C/c2[nH]c(=O)[nH]c(=O)c2[N+](=O)[O-])c2ccccc21)Nc1ccc(F)cc1. The fraction of sp³-hybridized carbons (Fsp3) is 0.0455. The summed E-state index contributed by atoms with van der Waals surface area (Å²) in [5, 5.41) is 14.7. The maximum absolute atomic E-state index is 13.1. The van der Waals surface area contributed by atoms with Crippen molar-refractivity contribution in [3.8, 4) is 0 Å². The lowest BCUT2D eigenvalue weighted by molar-refractivity contribution is -0.386. The Morgan fingerprint density at radius 2 is 1.82 bits per heavy atom. The number of para-hydroxylation sites is 1. The standard InChI is InChI=1S/C22H16FN5O5/c23-14-6-8-15(9-7-14)24-19(29)12-27-11-13(16-3-1-2-4-18(16)27)5-10-17-20(28(32)33)21(30)26-22(31)25-17/h1-11H,12H2,(H,24,29)(H2,25,26,30,31)/b10-5+. The summed E-state index contributed by atoms with van der Waals surface area (Å²) >= 11 is 0. The van der Waals surface area contributed by atoms with Crippen molar-refractivity contribution >= 4 is 40.3 Å². The molecule has 2 heterocycles. The predicted octanol–water partition coefficient (Wildman–Crippen LogP) is 2.87. The number of aromatic amines is 2. The Balaban J connectivity index is 1.66. The van der Waals surface area contributed by atoms with Gasteiger partial charge >= 0.3 is 16.9 Å². The molecule has 3 N–H and O–H groups in total. The monoisotopic (exact) mass is 449 g/mol. The van der Waals surface area contributed by atoms with Gasteiger partial charge in [0.15, 0.2) is 0 Å². The highest BCUT2D eigenvalue weighted by Crippen LogP contribution is 2.24. The average Bonchev–Trinajstić information content (AvgIpc) is 3.10. The van der Waals surface area contributed by atoms with Crippen molar-refractivity contribution in [3.05, 3.63) is 103 Å². The number of fused-ring (bicyclic) bond motifs is 1. The molecule has 11 heteroatoms. The highest BCUT2D eigenvalue weighted by molar-refractivity contribution is 5.95. The second kappa shape index (κ2) is 8.75. The first-order valence-electron chi connectivity index (χ1n) is 9.64. The van der Waals surface area contributed by atoms with Crippen molar-refractivity contribution in [3.63, 3.8) is 0 Å². The van der Waals surface area contributed by atoms with Gasteiger partial charge in [0, 0.05) is 28.4 Å². The summed E-state index contributed by atoms with van der Waals surface area (Å²) in [6.07, 6.45) is 4.44. The topological polar surface area (TPSA) is 143 Å². The van der Waals surface area contributed by atoms with Crippen LogP contribution in [0.2, 0.25) is 0 Å². The number of carbonyl (C=O) groups is 1. The first kappa shape index (κ1) is 21.4. The summed E-state index contributed by atoms with van der Waals surface area (Å²) in [5.74, 6) is -0.754. The van der Waals surface area contributed by atoms with E-state index in [2.05, 4.69) is 10.3 Å². The van der Waals surface area contributed by atoms with Gasteiger partial charge < -0.3 is 14.9 Å². The van der Waals surface area contributed by atoms with Gasteiger partial charge in [-0.1, -0.05) is 24.3 Å². The summed E-state index contributed by atoms with van der Waals surface area (Å²) < 4.78 is 14.7. The van der Waals surface area contributed by atoms with Crippen LogP contribution in [0.4, 0.5) is 15.8 Å². The van der Waals surface area contributed by atoms with E-state index in [4.69, 9.17) is 0 Å². The van der Waals surface area contributed by atoms with Gasteiger partial charge in [0.2, 0.25) is 5.91 Å². The lowest BCUT2D eigenvalue weighted by Gasteiger charge is -2.07. The number of H-pyrrole nitrogens is 2. The molecule has 4 aromatic rings. The minimum Gasteiger partial charge on any atom is -0.337 e. The molecule has 0 atom stereocenters. The zero-order chi connectivity index (χ0) is 23.5. The second-order valence-corrected chi connectivity index (χ2v) is 7.05. The maximum Gasteiger partial charge on any atom is 0.357 e. The van der Waals surface area contributed by atoms with E-state index >= 15 is 0 Å². The molecule has 0 aliphatic heterocycles. The van der Waals surface area contributed by atoms with Gasteiger partial charge in [-0.15, -0.1) is 0 Å². The molecule has 0 unspecified atom stereocenters. The molecule has 1 amide bonds. The van der Waals surface area contributed by atoms with Crippen LogP contribution in [0, 0.1) is 15.9 Å². The lowest BCUT2D eigenvalue weighted by Crippen LogP contribution is -2.25. The van der Waals surface area contributed by atoms with Crippen molar-refractivity contribution in [1.29, 1.82) is 0 Å². The van der Waals surface area contributed by atoms with Crippen LogP contribution in [0.3, 0.4) is 0 Å². The quantitative estimate of drug-likeness (QED) is 0.306. The van der Waals surface area contributed by atoms with Gasteiger partial charge in [0.05, 0.1) is 4.92 Å². The van der Waals surface area contributed by atoms with E-state index in [0.717, 1.165) is 10.9 Å². The molecule has 0 spiro atoms. The van der Waals surface area contributed by atoms with Gasteiger partial charge in [0.1, 0.15) is 18.1 Å². The van der Waals surface area contributed by atoms with Crippen LogP contribution in [-0.2, 0) is 11.3 Å². The number of nitrogens with one attached hydrogen (secondary N) is 3. The van der Waals surface area contributed by atoms with Crippen molar-refractivity contribution in [2.24, 2.45) is 0 Å². The molecule has 0 saturated carbocycles. The third-order valence-corrected chi connectivity index (χ3v) is 4.82. The molecule has 0 saturated heterocycles. The number of nitrogens with zero attached hydrogens (tertiary/aromatic N) is 2. The number of anilines is 1. The number of hydrogen-bond donors (Lipinski definition) is 3. The molecule has 0 aliphatic rings. The molecule has 0 bridgehead atoms. The molecule has 166 valence electrons. The smallest absolute Gasteiger partial charge is 0.337 e. The Labute approximate surface area is 184 Å². The molecular weight excluding hydrogens is 433 g/mol. The summed E-state index contributed by atoms with van der Waals surface area (Å²) in [6.45, 7) is -0.0479. The van der Waals surface area contributed by atoms with E-state index in [9.17, 15) is 28.9 Å². The molecule has 4 rings (SSSR count). The first-order chi connectivity index (χ1) is 15.8. The van der Waals surface area contributed by atoms with E-state index in [1.54, 1.807) is 35.0 Å². The fourth-order valence-electron chi connectivity index (χ4n) is 3.40. The van der Waals surface area contributed by atoms with Crippen LogP contribution < -0.4 is 16.6 Å². The number of aromatic nitrogens is 3. The third-order valence-electron chi connectivity index (χ3n) is 4.82. The molecule has 10 nitrogen and oxygen atoms in total. The van der Waals surface area contributed by atoms with Gasteiger partial charge in [-0.25, -0.2) is 9.18 Å². The van der Waals surface area contributed by atoms with E-state index in [1.165, 1.54) is 36.4 Å². The Bertz CT molecular complexity index is 1510.